The van der Waals surface area contributed by atoms with Gasteiger partial charge in [-0.3, -0.25) is 9.59 Å². The van der Waals surface area contributed by atoms with Crippen LogP contribution in [0.2, 0.25) is 10.0 Å². The van der Waals surface area contributed by atoms with Crippen LogP contribution in [0.4, 0.5) is 20.6 Å². The molecule has 2 aliphatic rings. The van der Waals surface area contributed by atoms with E-state index in [0.29, 0.717) is 35.9 Å². The van der Waals surface area contributed by atoms with Gasteiger partial charge in [0.25, 0.3) is 0 Å². The van der Waals surface area contributed by atoms with Gasteiger partial charge in [0.1, 0.15) is 29.7 Å². The van der Waals surface area contributed by atoms with Gasteiger partial charge in [-0.05, 0) is 59.7 Å². The van der Waals surface area contributed by atoms with Gasteiger partial charge in [-0.25, -0.2) is 14.0 Å². The Balaban J connectivity index is 1.57. The summed E-state index contributed by atoms with van der Waals surface area (Å²) in [6.45, 7) is 8.26. The zero-order chi connectivity index (χ0) is 40.9. The van der Waals surface area contributed by atoms with Crippen molar-refractivity contribution in [1.29, 1.82) is 0 Å². The third kappa shape index (κ3) is 8.59. The van der Waals surface area contributed by atoms with E-state index in [1.807, 2.05) is 20.8 Å². The number of ether oxygens (including phenoxy) is 5. The molecule has 3 aromatic rings. The third-order valence-corrected chi connectivity index (χ3v) is 10.4. The van der Waals surface area contributed by atoms with E-state index in [1.165, 1.54) is 38.5 Å². The molecular formula is C40H46Cl2FN3O10. The number of hydrogen-bond donors (Lipinski definition) is 4. The molecule has 0 bridgehead atoms. The molecule has 0 radical (unpaired) electrons. The van der Waals surface area contributed by atoms with Crippen molar-refractivity contribution in [2.24, 2.45) is 5.41 Å². The maximum absolute atomic E-state index is 16.3. The summed E-state index contributed by atoms with van der Waals surface area (Å²) in [5, 5.41) is 19.6. The van der Waals surface area contributed by atoms with Crippen LogP contribution in [0.25, 0.3) is 0 Å². The maximum atomic E-state index is 16.3. The van der Waals surface area contributed by atoms with Crippen molar-refractivity contribution in [3.8, 4) is 5.75 Å². The Hall–Kier alpha value is -4.47. The molecule has 1 unspecified atom stereocenters. The smallest absolute Gasteiger partial charge is 0.494 e. The number of carboxylic acid groups (broad SMARTS) is 1. The highest BCUT2D eigenvalue weighted by atomic mass is 35.5. The quantitative estimate of drug-likeness (QED) is 0.0885. The van der Waals surface area contributed by atoms with Crippen molar-refractivity contribution in [2.75, 3.05) is 51.3 Å². The summed E-state index contributed by atoms with van der Waals surface area (Å²) in [6.07, 6.45) is -1.77. The van der Waals surface area contributed by atoms with Crippen LogP contribution in [0.5, 0.6) is 5.75 Å². The van der Waals surface area contributed by atoms with Crippen LogP contribution in [0.1, 0.15) is 79.6 Å². The number of aromatic carboxylic acids is 1. The zero-order valence-electron chi connectivity index (χ0n) is 31.9. The van der Waals surface area contributed by atoms with Crippen molar-refractivity contribution < 1.29 is 52.4 Å². The lowest BCUT2D eigenvalue weighted by molar-refractivity contribution is -0.122. The molecule has 4 N–H and O–H groups in total. The van der Waals surface area contributed by atoms with E-state index < -0.39 is 59.3 Å². The summed E-state index contributed by atoms with van der Waals surface area (Å²) in [5.74, 6) is -4.51. The number of hydrogen-bond acceptors (Lipinski definition) is 10. The van der Waals surface area contributed by atoms with E-state index in [2.05, 4.69) is 16.0 Å². The summed E-state index contributed by atoms with van der Waals surface area (Å²) >= 11 is 12.7. The molecule has 302 valence electrons. The summed E-state index contributed by atoms with van der Waals surface area (Å²) in [4.78, 5) is 54.5. The summed E-state index contributed by atoms with van der Waals surface area (Å²) < 4.78 is 42.9. The molecule has 5 rings (SSSR count). The Kier molecular flexibility index (Phi) is 13.5. The number of anilines is 2. The van der Waals surface area contributed by atoms with Crippen molar-refractivity contribution in [3.05, 3.63) is 86.6 Å². The van der Waals surface area contributed by atoms with Crippen LogP contribution in [-0.2, 0) is 34.0 Å². The standard InChI is InChI=1S/C40H46Cl2FN3O10/c1-7-28(56-38(51)55-18-17-54-16-15-52-5)30-22(36(48)49)12-14-26(34(30)53-6)44-35(47)33-31(23-9-8-10-25(42)32(23)43)40(29(46-33)20-39(2,3)4)24-13-11-21(41)19-27(24)45-37(40)50/h8-14,19,28-29,31,33,46H,7,15-18,20H2,1-6H3,(H,44,47)(H,45,50)(H,48,49)/t28?,29-,31-,33+,40+/m0/s1. The highest BCUT2D eigenvalue weighted by molar-refractivity contribution is 6.31. The van der Waals surface area contributed by atoms with Gasteiger partial charge in [0.15, 0.2) is 0 Å². The van der Waals surface area contributed by atoms with Crippen LogP contribution in [0.3, 0.4) is 0 Å². The monoisotopic (exact) mass is 817 g/mol. The van der Waals surface area contributed by atoms with Crippen LogP contribution < -0.4 is 20.7 Å². The molecule has 0 aromatic heterocycles. The molecule has 0 aliphatic carbocycles. The van der Waals surface area contributed by atoms with E-state index >= 15 is 4.39 Å². The van der Waals surface area contributed by atoms with Crippen molar-refractivity contribution in [2.45, 2.75) is 70.1 Å². The molecule has 13 nitrogen and oxygen atoms in total. The highest BCUT2D eigenvalue weighted by Crippen LogP contribution is 2.57. The fourth-order valence-corrected chi connectivity index (χ4v) is 8.07. The lowest BCUT2D eigenvalue weighted by atomic mass is 9.62. The average molecular weight is 819 g/mol. The van der Waals surface area contributed by atoms with Gasteiger partial charge >= 0.3 is 12.1 Å². The Labute approximate surface area is 334 Å². The molecule has 0 saturated carbocycles. The van der Waals surface area contributed by atoms with Crippen LogP contribution >= 0.6 is 23.2 Å². The number of halogens is 3. The largest absolute Gasteiger partial charge is 0.508 e. The van der Waals surface area contributed by atoms with Crippen molar-refractivity contribution >= 4 is 58.5 Å². The fourth-order valence-electron chi connectivity index (χ4n) is 7.71. The van der Waals surface area contributed by atoms with Crippen molar-refractivity contribution in [1.82, 2.24) is 5.32 Å². The maximum Gasteiger partial charge on any atom is 0.508 e. The number of carbonyl (C=O) groups is 4. The first-order chi connectivity index (χ1) is 26.6. The SMILES string of the molecule is CCC(OC(=O)OCCOCCOC)c1c(C(=O)O)ccc(NC(=O)[C@@H]2N[C@@H](CC(C)(C)C)[C@@]3(C(=O)Nc4cc(Cl)ccc43)[C@H]2c2cccc(Cl)c2F)c1OC. The minimum atomic E-state index is -1.51. The van der Waals surface area contributed by atoms with Gasteiger partial charge in [-0.15, -0.1) is 0 Å². The van der Waals surface area contributed by atoms with E-state index in [1.54, 1.807) is 31.2 Å². The predicted octanol–water partition coefficient (Wildman–Crippen LogP) is 7.50. The molecular weight excluding hydrogens is 772 g/mol. The molecule has 1 saturated heterocycles. The molecule has 2 amide bonds. The molecule has 3 aromatic carbocycles. The number of methoxy groups -OCH3 is 2. The molecule has 2 aliphatic heterocycles. The Morgan fingerprint density at radius 1 is 1.04 bits per heavy atom. The summed E-state index contributed by atoms with van der Waals surface area (Å²) in [6, 6.07) is 10.1. The fraction of sp³-hybridized carbons (Fsp3) is 0.450. The highest BCUT2D eigenvalue weighted by Gasteiger charge is 2.66. The van der Waals surface area contributed by atoms with Crippen LogP contribution in [-0.4, -0.2) is 81.8 Å². The van der Waals surface area contributed by atoms with Gasteiger partial charge in [0.2, 0.25) is 11.8 Å². The van der Waals surface area contributed by atoms with Crippen LogP contribution in [0.15, 0.2) is 48.5 Å². The van der Waals surface area contributed by atoms with E-state index in [9.17, 15) is 24.3 Å². The lowest BCUT2D eigenvalue weighted by Gasteiger charge is -2.37. The number of carboxylic acids is 1. The normalized spacial score (nSPS) is 20.7. The number of benzene rings is 3. The lowest BCUT2D eigenvalue weighted by Crippen LogP contribution is -2.49. The Morgan fingerprint density at radius 3 is 2.43 bits per heavy atom. The first-order valence-corrected chi connectivity index (χ1v) is 18.8. The van der Waals surface area contributed by atoms with Gasteiger partial charge in [-0.2, -0.15) is 0 Å². The second-order valence-corrected chi connectivity index (χ2v) is 15.6. The molecule has 1 fully saturated rings. The molecule has 2 heterocycles. The van der Waals surface area contributed by atoms with E-state index in [0.717, 1.165) is 0 Å². The molecule has 5 atom stereocenters. The summed E-state index contributed by atoms with van der Waals surface area (Å²) in [5.41, 5.74) is -1.12. The third-order valence-electron chi connectivity index (χ3n) is 9.92. The molecule has 56 heavy (non-hydrogen) atoms. The van der Waals surface area contributed by atoms with E-state index in [-0.39, 0.29) is 58.2 Å². The second kappa shape index (κ2) is 17.8. The minimum Gasteiger partial charge on any atom is -0.494 e. The average Bonchev–Trinajstić information content (AvgIpc) is 3.61. The predicted molar refractivity (Wildman–Crippen MR) is 207 cm³/mol. The number of rotatable bonds is 15. The second-order valence-electron chi connectivity index (χ2n) is 14.7. The summed E-state index contributed by atoms with van der Waals surface area (Å²) in [7, 11) is 2.80. The van der Waals surface area contributed by atoms with Gasteiger partial charge in [-0.1, -0.05) is 69.1 Å². The molecule has 16 heteroatoms. The minimum absolute atomic E-state index is 0.0305. The van der Waals surface area contributed by atoms with Gasteiger partial charge < -0.3 is 44.7 Å². The first-order valence-electron chi connectivity index (χ1n) is 18.1. The number of nitrogens with one attached hydrogen (secondary N) is 3. The zero-order valence-corrected chi connectivity index (χ0v) is 33.4. The topological polar surface area (TPSA) is 171 Å². The van der Waals surface area contributed by atoms with E-state index in [4.69, 9.17) is 46.9 Å². The Morgan fingerprint density at radius 2 is 1.77 bits per heavy atom. The van der Waals surface area contributed by atoms with Gasteiger partial charge in [0, 0.05) is 29.8 Å². The van der Waals surface area contributed by atoms with Gasteiger partial charge in [0.05, 0.1) is 54.8 Å². The molecule has 1 spiro atoms. The number of carbonyl (C=O) groups excluding carboxylic acids is 3. The Bertz CT molecular complexity index is 1970. The van der Waals surface area contributed by atoms with Crippen LogP contribution in [0, 0.1) is 11.2 Å². The number of amides is 2. The van der Waals surface area contributed by atoms with Crippen molar-refractivity contribution in [3.63, 3.8) is 0 Å². The number of fused-ring (bicyclic) bond motifs is 2. The first kappa shape index (κ1) is 42.7.